The van der Waals surface area contributed by atoms with Gasteiger partial charge in [-0.2, -0.15) is 4.98 Å². The summed E-state index contributed by atoms with van der Waals surface area (Å²) >= 11 is 11.9. The minimum absolute atomic E-state index is 0.0312. The minimum atomic E-state index is 0.0312. The van der Waals surface area contributed by atoms with Crippen LogP contribution >= 0.6 is 23.2 Å². The fourth-order valence-corrected chi connectivity index (χ4v) is 3.02. The minimum Gasteiger partial charge on any atom is -0.339 e. The molecule has 0 aliphatic heterocycles. The Bertz CT molecular complexity index is 910. The molecule has 0 saturated heterocycles. The molecule has 0 radical (unpaired) electrons. The highest BCUT2D eigenvalue weighted by Gasteiger charge is 2.15. The number of halogens is 2. The van der Waals surface area contributed by atoms with Crippen molar-refractivity contribution in [2.75, 3.05) is 6.54 Å². The van der Waals surface area contributed by atoms with Crippen LogP contribution in [-0.2, 0) is 17.8 Å². The van der Waals surface area contributed by atoms with Gasteiger partial charge in [0.05, 0.1) is 0 Å². The first-order chi connectivity index (χ1) is 13.0. The fourth-order valence-electron chi connectivity index (χ4n) is 2.68. The van der Waals surface area contributed by atoms with Gasteiger partial charge in [-0.25, -0.2) is 0 Å². The second-order valence-corrected chi connectivity index (χ2v) is 6.93. The zero-order valence-electron chi connectivity index (χ0n) is 14.9. The molecule has 0 spiro atoms. The van der Waals surface area contributed by atoms with E-state index in [1.165, 1.54) is 0 Å². The van der Waals surface area contributed by atoms with Crippen LogP contribution in [0.15, 0.2) is 53.1 Å². The van der Waals surface area contributed by atoms with Crippen molar-refractivity contribution in [3.63, 3.8) is 0 Å². The number of hydrogen-bond acceptors (Lipinski definition) is 4. The Morgan fingerprint density at radius 3 is 2.59 bits per heavy atom. The van der Waals surface area contributed by atoms with Crippen LogP contribution in [0.5, 0.6) is 0 Å². The van der Waals surface area contributed by atoms with E-state index in [0.717, 1.165) is 11.1 Å². The molecule has 0 bridgehead atoms. The molecule has 140 valence electrons. The summed E-state index contributed by atoms with van der Waals surface area (Å²) in [6.07, 6.45) is 0.697. The van der Waals surface area contributed by atoms with Crippen LogP contribution in [0.2, 0.25) is 10.0 Å². The lowest BCUT2D eigenvalue weighted by Gasteiger charge is -2.20. The van der Waals surface area contributed by atoms with E-state index in [4.69, 9.17) is 27.7 Å². The molecule has 27 heavy (non-hydrogen) atoms. The first-order valence-corrected chi connectivity index (χ1v) is 9.41. The summed E-state index contributed by atoms with van der Waals surface area (Å²) in [7, 11) is 0. The number of benzene rings is 2. The third kappa shape index (κ3) is 5.31. The summed E-state index contributed by atoms with van der Waals surface area (Å²) in [4.78, 5) is 18.7. The molecule has 2 aromatic carbocycles. The van der Waals surface area contributed by atoms with Crippen molar-refractivity contribution in [1.82, 2.24) is 15.0 Å². The number of nitrogens with zero attached hydrogens (tertiary/aromatic N) is 3. The summed E-state index contributed by atoms with van der Waals surface area (Å²) in [6, 6.07) is 14.7. The van der Waals surface area contributed by atoms with Crippen molar-refractivity contribution in [2.45, 2.75) is 26.3 Å². The van der Waals surface area contributed by atoms with E-state index in [1.807, 2.05) is 43.3 Å². The highest BCUT2D eigenvalue weighted by atomic mass is 35.5. The lowest BCUT2D eigenvalue weighted by Crippen LogP contribution is -2.30. The molecule has 1 amide bonds. The van der Waals surface area contributed by atoms with Gasteiger partial charge < -0.3 is 9.42 Å². The molecule has 0 aliphatic carbocycles. The van der Waals surface area contributed by atoms with Crippen LogP contribution in [0, 0.1) is 0 Å². The lowest BCUT2D eigenvalue weighted by atomic mass is 10.2. The third-order valence-corrected chi connectivity index (χ3v) is 4.61. The van der Waals surface area contributed by atoms with Crippen molar-refractivity contribution in [1.29, 1.82) is 0 Å². The van der Waals surface area contributed by atoms with Gasteiger partial charge in [-0.1, -0.05) is 40.5 Å². The summed E-state index contributed by atoms with van der Waals surface area (Å²) in [5, 5.41) is 5.28. The Balaban J connectivity index is 1.58. The second kappa shape index (κ2) is 9.02. The number of aromatic nitrogens is 2. The molecule has 0 atom stereocenters. The van der Waals surface area contributed by atoms with E-state index >= 15 is 0 Å². The van der Waals surface area contributed by atoms with E-state index in [1.54, 1.807) is 17.0 Å². The quantitative estimate of drug-likeness (QED) is 0.555. The predicted octanol–water partition coefficient (Wildman–Crippen LogP) is 5.02. The van der Waals surface area contributed by atoms with Gasteiger partial charge in [-0.05, 0) is 48.9 Å². The second-order valence-electron chi connectivity index (χ2n) is 6.06. The van der Waals surface area contributed by atoms with Crippen LogP contribution in [-0.4, -0.2) is 27.5 Å². The Morgan fingerprint density at radius 1 is 1.11 bits per heavy atom. The molecule has 3 rings (SSSR count). The van der Waals surface area contributed by atoms with Crippen molar-refractivity contribution in [2.24, 2.45) is 0 Å². The van der Waals surface area contributed by atoms with Gasteiger partial charge in [0.1, 0.15) is 0 Å². The van der Waals surface area contributed by atoms with E-state index in [-0.39, 0.29) is 5.91 Å². The van der Waals surface area contributed by atoms with Gasteiger partial charge >= 0.3 is 0 Å². The smallest absolute Gasteiger partial charge is 0.227 e. The molecule has 0 saturated carbocycles. The molecule has 1 aromatic heterocycles. The summed E-state index contributed by atoms with van der Waals surface area (Å²) in [5.41, 5.74) is 1.82. The highest BCUT2D eigenvalue weighted by Crippen LogP contribution is 2.19. The first kappa shape index (κ1) is 19.4. The van der Waals surface area contributed by atoms with Gasteiger partial charge in [-0.3, -0.25) is 4.79 Å². The van der Waals surface area contributed by atoms with Crippen LogP contribution in [0.4, 0.5) is 0 Å². The molecule has 5 nitrogen and oxygen atoms in total. The maximum Gasteiger partial charge on any atom is 0.227 e. The zero-order valence-corrected chi connectivity index (χ0v) is 16.4. The number of aryl methyl sites for hydroxylation is 1. The number of amides is 1. The number of carbonyl (C=O) groups excluding carboxylic acids is 1. The van der Waals surface area contributed by atoms with Crippen molar-refractivity contribution >= 4 is 29.1 Å². The number of carbonyl (C=O) groups is 1. The largest absolute Gasteiger partial charge is 0.339 e. The molecule has 0 fully saturated rings. The number of rotatable bonds is 7. The van der Waals surface area contributed by atoms with E-state index in [0.29, 0.717) is 47.7 Å². The Morgan fingerprint density at radius 2 is 1.89 bits per heavy atom. The van der Waals surface area contributed by atoms with Crippen molar-refractivity contribution in [3.8, 4) is 11.4 Å². The maximum atomic E-state index is 12.5. The molecular formula is C20H19Cl2N3O2. The topological polar surface area (TPSA) is 59.2 Å². The SMILES string of the molecule is CCN(Cc1cccc(Cl)c1)C(=O)CCc1nc(-c2ccc(Cl)cc2)no1. The maximum absolute atomic E-state index is 12.5. The molecule has 1 heterocycles. The standard InChI is InChI=1S/C20H19Cl2N3O2/c1-2-25(13-14-4-3-5-17(22)12-14)19(26)11-10-18-23-20(24-27-18)15-6-8-16(21)9-7-15/h3-9,12H,2,10-11,13H2,1H3. The summed E-state index contributed by atoms with van der Waals surface area (Å²) < 4.78 is 5.26. The molecule has 7 heteroatoms. The zero-order chi connectivity index (χ0) is 19.2. The van der Waals surface area contributed by atoms with E-state index in [2.05, 4.69) is 10.1 Å². The van der Waals surface area contributed by atoms with Gasteiger partial charge in [0, 0.05) is 41.5 Å². The Labute approximate surface area is 167 Å². The third-order valence-electron chi connectivity index (χ3n) is 4.12. The van der Waals surface area contributed by atoms with Crippen LogP contribution in [0.3, 0.4) is 0 Å². The Kier molecular flexibility index (Phi) is 6.48. The Hall–Kier alpha value is -2.37. The molecule has 0 aliphatic rings. The number of hydrogen-bond donors (Lipinski definition) is 0. The normalized spacial score (nSPS) is 10.8. The van der Waals surface area contributed by atoms with Crippen molar-refractivity contribution < 1.29 is 9.32 Å². The van der Waals surface area contributed by atoms with E-state index < -0.39 is 0 Å². The van der Waals surface area contributed by atoms with Crippen LogP contribution < -0.4 is 0 Å². The van der Waals surface area contributed by atoms with Crippen LogP contribution in [0.25, 0.3) is 11.4 Å². The van der Waals surface area contributed by atoms with Gasteiger partial charge in [0.15, 0.2) is 0 Å². The average molecular weight is 404 g/mol. The van der Waals surface area contributed by atoms with Gasteiger partial charge in [0.25, 0.3) is 0 Å². The average Bonchev–Trinajstić information content (AvgIpc) is 3.14. The van der Waals surface area contributed by atoms with Crippen molar-refractivity contribution in [3.05, 3.63) is 70.0 Å². The summed E-state index contributed by atoms with van der Waals surface area (Å²) in [5.74, 6) is 0.955. The molecule has 0 unspecified atom stereocenters. The van der Waals surface area contributed by atoms with Gasteiger partial charge in [0.2, 0.25) is 17.6 Å². The predicted molar refractivity (Wildman–Crippen MR) is 106 cm³/mol. The first-order valence-electron chi connectivity index (χ1n) is 8.66. The lowest BCUT2D eigenvalue weighted by molar-refractivity contribution is -0.131. The van der Waals surface area contributed by atoms with Gasteiger partial charge in [-0.15, -0.1) is 0 Å². The molecule has 0 N–H and O–H groups in total. The fraction of sp³-hybridized carbons (Fsp3) is 0.250. The molecule has 3 aromatic rings. The van der Waals surface area contributed by atoms with Crippen LogP contribution in [0.1, 0.15) is 24.8 Å². The van der Waals surface area contributed by atoms with E-state index in [9.17, 15) is 4.79 Å². The monoisotopic (exact) mass is 403 g/mol. The summed E-state index contributed by atoms with van der Waals surface area (Å²) in [6.45, 7) is 3.09. The highest BCUT2D eigenvalue weighted by molar-refractivity contribution is 6.30. The molecular weight excluding hydrogens is 385 g/mol.